The summed E-state index contributed by atoms with van der Waals surface area (Å²) in [4.78, 5) is 3.88. The molecule has 0 aliphatic rings. The van der Waals surface area contributed by atoms with Gasteiger partial charge in [0.05, 0.1) is 6.10 Å². The fourth-order valence-electron chi connectivity index (χ4n) is 1.65. The molecule has 0 spiro atoms. The maximum absolute atomic E-state index is 9.90. The zero-order valence-corrected chi connectivity index (χ0v) is 9.69. The van der Waals surface area contributed by atoms with Crippen molar-refractivity contribution in [3.63, 3.8) is 0 Å². The number of aliphatic hydroxyl groups is 1. The van der Waals surface area contributed by atoms with Gasteiger partial charge in [-0.25, -0.2) is 4.98 Å². The number of hydrogen-bond acceptors (Lipinski definition) is 3. The Labute approximate surface area is 96.8 Å². The minimum Gasteiger partial charge on any atom is -0.388 e. The van der Waals surface area contributed by atoms with Gasteiger partial charge in [0.2, 0.25) is 0 Å². The third-order valence-electron chi connectivity index (χ3n) is 2.61. The highest BCUT2D eigenvalue weighted by atomic mass is 16.3. The van der Waals surface area contributed by atoms with Crippen LogP contribution >= 0.6 is 0 Å². The van der Waals surface area contributed by atoms with Crippen molar-refractivity contribution in [2.45, 2.75) is 45.1 Å². The van der Waals surface area contributed by atoms with Crippen LogP contribution in [0.4, 0.5) is 0 Å². The van der Waals surface area contributed by atoms with E-state index in [1.807, 2.05) is 6.07 Å². The first kappa shape index (κ1) is 12.7. The van der Waals surface area contributed by atoms with Gasteiger partial charge in [0.1, 0.15) is 11.8 Å². The molecule has 1 atom stereocenters. The molecule has 0 bridgehead atoms. The minimum atomic E-state index is -0.466. The van der Waals surface area contributed by atoms with Crippen molar-refractivity contribution in [3.05, 3.63) is 29.6 Å². The smallest absolute Gasteiger partial charge is 0.140 e. The number of aliphatic hydroxyl groups excluding tert-OH is 1. The second kappa shape index (κ2) is 6.97. The average Bonchev–Trinajstić information content (AvgIpc) is 2.34. The van der Waals surface area contributed by atoms with Crippen molar-refractivity contribution in [2.75, 3.05) is 0 Å². The van der Waals surface area contributed by atoms with Crippen molar-refractivity contribution in [1.82, 2.24) is 4.98 Å². The summed E-state index contributed by atoms with van der Waals surface area (Å²) in [7, 11) is 0. The summed E-state index contributed by atoms with van der Waals surface area (Å²) in [6, 6.07) is 5.40. The molecule has 1 heterocycles. The van der Waals surface area contributed by atoms with Crippen LogP contribution in [0.15, 0.2) is 18.3 Å². The maximum atomic E-state index is 9.90. The third kappa shape index (κ3) is 4.00. The van der Waals surface area contributed by atoms with E-state index in [2.05, 4.69) is 11.9 Å². The average molecular weight is 218 g/mol. The maximum Gasteiger partial charge on any atom is 0.140 e. The van der Waals surface area contributed by atoms with Gasteiger partial charge in [0.15, 0.2) is 0 Å². The third-order valence-corrected chi connectivity index (χ3v) is 2.61. The summed E-state index contributed by atoms with van der Waals surface area (Å²) < 4.78 is 0. The molecule has 1 unspecified atom stereocenters. The van der Waals surface area contributed by atoms with Crippen molar-refractivity contribution in [3.8, 4) is 6.07 Å². The van der Waals surface area contributed by atoms with Gasteiger partial charge < -0.3 is 5.11 Å². The number of nitrogens with zero attached hydrogens (tertiary/aromatic N) is 2. The minimum absolute atomic E-state index is 0.366. The Hall–Kier alpha value is -1.40. The fraction of sp³-hybridized carbons (Fsp3) is 0.538. The van der Waals surface area contributed by atoms with Crippen LogP contribution in [0.3, 0.4) is 0 Å². The summed E-state index contributed by atoms with van der Waals surface area (Å²) >= 11 is 0. The molecule has 0 saturated heterocycles. The zero-order valence-electron chi connectivity index (χ0n) is 9.69. The molecule has 1 aromatic heterocycles. The number of pyridine rings is 1. The van der Waals surface area contributed by atoms with Crippen molar-refractivity contribution in [2.24, 2.45) is 0 Å². The predicted octanol–water partition coefficient (Wildman–Crippen LogP) is 2.96. The largest absolute Gasteiger partial charge is 0.388 e. The molecule has 1 rings (SSSR count). The number of nitriles is 1. The van der Waals surface area contributed by atoms with Gasteiger partial charge in [-0.3, -0.25) is 0 Å². The second-order valence-corrected chi connectivity index (χ2v) is 3.95. The Morgan fingerprint density at radius 1 is 1.44 bits per heavy atom. The van der Waals surface area contributed by atoms with Crippen LogP contribution in [0.1, 0.15) is 56.4 Å². The molecule has 1 aromatic rings. The normalized spacial score (nSPS) is 12.1. The Kier molecular flexibility index (Phi) is 5.52. The van der Waals surface area contributed by atoms with Crippen LogP contribution in [-0.4, -0.2) is 10.1 Å². The topological polar surface area (TPSA) is 56.9 Å². The number of aromatic nitrogens is 1. The van der Waals surface area contributed by atoms with E-state index in [0.29, 0.717) is 5.69 Å². The van der Waals surface area contributed by atoms with Crippen LogP contribution in [0.5, 0.6) is 0 Å². The van der Waals surface area contributed by atoms with Crippen LogP contribution in [0, 0.1) is 11.3 Å². The van der Waals surface area contributed by atoms with E-state index in [1.54, 1.807) is 18.3 Å². The number of hydrogen-bond donors (Lipinski definition) is 1. The SMILES string of the molecule is CCCCCCC(O)c1ccnc(C#N)c1. The zero-order chi connectivity index (χ0) is 11.8. The molecule has 0 amide bonds. The van der Waals surface area contributed by atoms with E-state index < -0.39 is 6.10 Å². The summed E-state index contributed by atoms with van der Waals surface area (Å²) in [6.07, 6.45) is 6.46. The van der Waals surface area contributed by atoms with Crippen molar-refractivity contribution >= 4 is 0 Å². The predicted molar refractivity (Wildman–Crippen MR) is 62.7 cm³/mol. The van der Waals surface area contributed by atoms with Gasteiger partial charge in [0.25, 0.3) is 0 Å². The molecule has 16 heavy (non-hydrogen) atoms. The van der Waals surface area contributed by atoms with E-state index in [-0.39, 0.29) is 0 Å². The Balaban J connectivity index is 2.46. The van der Waals surface area contributed by atoms with E-state index >= 15 is 0 Å². The molecule has 3 heteroatoms. The van der Waals surface area contributed by atoms with Gasteiger partial charge >= 0.3 is 0 Å². The molecular weight excluding hydrogens is 200 g/mol. The highest BCUT2D eigenvalue weighted by molar-refractivity contribution is 5.26. The Morgan fingerprint density at radius 2 is 2.25 bits per heavy atom. The molecule has 0 aliphatic carbocycles. The first-order valence-corrected chi connectivity index (χ1v) is 5.82. The van der Waals surface area contributed by atoms with Crippen molar-refractivity contribution in [1.29, 1.82) is 5.26 Å². The first-order valence-electron chi connectivity index (χ1n) is 5.82. The Bertz CT molecular complexity index is 357. The van der Waals surface area contributed by atoms with Gasteiger partial charge in [-0.1, -0.05) is 32.6 Å². The van der Waals surface area contributed by atoms with Crippen LogP contribution in [0.2, 0.25) is 0 Å². The van der Waals surface area contributed by atoms with E-state index in [4.69, 9.17) is 5.26 Å². The molecule has 0 aromatic carbocycles. The van der Waals surface area contributed by atoms with Gasteiger partial charge in [-0.15, -0.1) is 0 Å². The monoisotopic (exact) mass is 218 g/mol. The molecule has 0 radical (unpaired) electrons. The lowest BCUT2D eigenvalue weighted by atomic mass is 10.0. The Morgan fingerprint density at radius 3 is 2.94 bits per heavy atom. The van der Waals surface area contributed by atoms with Crippen LogP contribution in [0.25, 0.3) is 0 Å². The second-order valence-electron chi connectivity index (χ2n) is 3.95. The number of unbranched alkanes of at least 4 members (excludes halogenated alkanes) is 3. The summed E-state index contributed by atoms with van der Waals surface area (Å²) in [6.45, 7) is 2.17. The summed E-state index contributed by atoms with van der Waals surface area (Å²) in [5.74, 6) is 0. The molecule has 86 valence electrons. The van der Waals surface area contributed by atoms with Gasteiger partial charge in [-0.05, 0) is 24.1 Å². The lowest BCUT2D eigenvalue weighted by molar-refractivity contribution is 0.163. The van der Waals surface area contributed by atoms with Crippen LogP contribution < -0.4 is 0 Å². The fourth-order valence-corrected chi connectivity index (χ4v) is 1.65. The highest BCUT2D eigenvalue weighted by Gasteiger charge is 2.07. The molecule has 3 nitrogen and oxygen atoms in total. The molecule has 0 fully saturated rings. The summed E-state index contributed by atoms with van der Waals surface area (Å²) in [5.41, 5.74) is 1.16. The van der Waals surface area contributed by atoms with Gasteiger partial charge in [0, 0.05) is 6.20 Å². The number of rotatable bonds is 6. The standard InChI is InChI=1S/C13H18N2O/c1-2-3-4-5-6-13(16)11-7-8-15-12(9-11)10-14/h7-9,13,16H,2-6H2,1H3. The lowest BCUT2D eigenvalue weighted by Crippen LogP contribution is -1.98. The molecule has 0 aliphatic heterocycles. The van der Waals surface area contributed by atoms with E-state index in [1.165, 1.54) is 12.8 Å². The first-order chi connectivity index (χ1) is 7.77. The van der Waals surface area contributed by atoms with E-state index in [0.717, 1.165) is 24.8 Å². The molecule has 0 saturated carbocycles. The van der Waals surface area contributed by atoms with Gasteiger partial charge in [-0.2, -0.15) is 5.26 Å². The quantitative estimate of drug-likeness (QED) is 0.747. The van der Waals surface area contributed by atoms with E-state index in [9.17, 15) is 5.11 Å². The lowest BCUT2D eigenvalue weighted by Gasteiger charge is -2.10. The summed E-state index contributed by atoms with van der Waals surface area (Å²) in [5, 5.41) is 18.6. The highest BCUT2D eigenvalue weighted by Crippen LogP contribution is 2.19. The molecular formula is C13H18N2O. The van der Waals surface area contributed by atoms with Crippen LogP contribution in [-0.2, 0) is 0 Å². The van der Waals surface area contributed by atoms with Crippen molar-refractivity contribution < 1.29 is 5.11 Å². The molecule has 1 N–H and O–H groups in total.